The number of para-hydroxylation sites is 1. The van der Waals surface area contributed by atoms with E-state index in [1.165, 1.54) is 0 Å². The average Bonchev–Trinajstić information content (AvgIpc) is 3.25. The first-order chi connectivity index (χ1) is 13.1. The van der Waals surface area contributed by atoms with Crippen molar-refractivity contribution in [2.45, 2.75) is 26.4 Å². The van der Waals surface area contributed by atoms with E-state index in [2.05, 4.69) is 15.3 Å². The third kappa shape index (κ3) is 3.67. The third-order valence-corrected chi connectivity index (χ3v) is 4.76. The van der Waals surface area contributed by atoms with E-state index >= 15 is 0 Å². The van der Waals surface area contributed by atoms with Gasteiger partial charge in [-0.05, 0) is 30.2 Å². The molecule has 138 valence electrons. The van der Waals surface area contributed by atoms with Crippen LogP contribution in [0.4, 0.5) is 0 Å². The summed E-state index contributed by atoms with van der Waals surface area (Å²) < 4.78 is 5.67. The fourth-order valence-corrected chi connectivity index (χ4v) is 3.33. The van der Waals surface area contributed by atoms with Gasteiger partial charge in [-0.3, -0.25) is 14.6 Å². The Morgan fingerprint density at radius 2 is 2.22 bits per heavy atom. The molecule has 4 rings (SSSR count). The van der Waals surface area contributed by atoms with E-state index in [9.17, 15) is 9.59 Å². The summed E-state index contributed by atoms with van der Waals surface area (Å²) in [6, 6.07) is 9.48. The SMILES string of the molecule is Cc1cccc2oc(CNC(=O)C3CC(=O)N(Cc4cccnc4)C3)nc12. The summed E-state index contributed by atoms with van der Waals surface area (Å²) >= 11 is 0. The number of oxazole rings is 1. The largest absolute Gasteiger partial charge is 0.439 e. The fourth-order valence-electron chi connectivity index (χ4n) is 3.33. The van der Waals surface area contributed by atoms with E-state index in [0.29, 0.717) is 24.6 Å². The summed E-state index contributed by atoms with van der Waals surface area (Å²) in [4.78, 5) is 34.9. The second-order valence-corrected chi connectivity index (χ2v) is 6.78. The Labute approximate surface area is 156 Å². The molecule has 0 radical (unpaired) electrons. The zero-order valence-electron chi connectivity index (χ0n) is 15.0. The molecule has 1 saturated heterocycles. The lowest BCUT2D eigenvalue weighted by atomic mass is 10.1. The quantitative estimate of drug-likeness (QED) is 0.750. The van der Waals surface area contributed by atoms with Crippen LogP contribution in [-0.4, -0.2) is 33.2 Å². The third-order valence-electron chi connectivity index (χ3n) is 4.76. The van der Waals surface area contributed by atoms with E-state index in [0.717, 1.165) is 16.6 Å². The molecule has 1 aliphatic heterocycles. The molecule has 3 aromatic rings. The lowest BCUT2D eigenvalue weighted by Crippen LogP contribution is -2.32. The van der Waals surface area contributed by atoms with Crippen LogP contribution in [0, 0.1) is 12.8 Å². The number of amides is 2. The molecule has 1 aliphatic rings. The standard InChI is InChI=1S/C20H20N4O3/c1-13-4-2-6-16-19(13)23-17(27-16)10-22-20(26)15-8-18(25)24(12-15)11-14-5-3-7-21-9-14/h2-7,9,15H,8,10-12H2,1H3,(H,22,26). The second kappa shape index (κ2) is 7.19. The highest BCUT2D eigenvalue weighted by Crippen LogP contribution is 2.21. The normalized spacial score (nSPS) is 16.9. The highest BCUT2D eigenvalue weighted by atomic mass is 16.3. The van der Waals surface area contributed by atoms with Gasteiger partial charge < -0.3 is 14.6 Å². The number of hydrogen-bond acceptors (Lipinski definition) is 5. The van der Waals surface area contributed by atoms with Crippen LogP contribution in [0.5, 0.6) is 0 Å². The minimum Gasteiger partial charge on any atom is -0.439 e. The Kier molecular flexibility index (Phi) is 4.58. The van der Waals surface area contributed by atoms with Crippen molar-refractivity contribution in [2.24, 2.45) is 5.92 Å². The number of fused-ring (bicyclic) bond motifs is 1. The number of pyridine rings is 1. The fraction of sp³-hybridized carbons (Fsp3) is 0.300. The summed E-state index contributed by atoms with van der Waals surface area (Å²) in [7, 11) is 0. The van der Waals surface area contributed by atoms with Crippen molar-refractivity contribution < 1.29 is 14.0 Å². The number of likely N-dealkylation sites (tertiary alicyclic amines) is 1. The highest BCUT2D eigenvalue weighted by molar-refractivity contribution is 5.89. The van der Waals surface area contributed by atoms with Gasteiger partial charge in [-0.25, -0.2) is 4.98 Å². The van der Waals surface area contributed by atoms with Crippen molar-refractivity contribution in [1.29, 1.82) is 0 Å². The summed E-state index contributed by atoms with van der Waals surface area (Å²) in [5.41, 5.74) is 3.49. The molecule has 2 amide bonds. The lowest BCUT2D eigenvalue weighted by Gasteiger charge is -2.16. The first kappa shape index (κ1) is 17.2. The van der Waals surface area contributed by atoms with Crippen molar-refractivity contribution in [1.82, 2.24) is 20.2 Å². The first-order valence-electron chi connectivity index (χ1n) is 8.89. The van der Waals surface area contributed by atoms with Crippen LogP contribution < -0.4 is 5.32 Å². The highest BCUT2D eigenvalue weighted by Gasteiger charge is 2.34. The number of aryl methyl sites for hydroxylation is 1. The molecular formula is C20H20N4O3. The van der Waals surface area contributed by atoms with Gasteiger partial charge in [-0.1, -0.05) is 18.2 Å². The molecule has 3 heterocycles. The summed E-state index contributed by atoms with van der Waals surface area (Å²) in [6.07, 6.45) is 3.65. The van der Waals surface area contributed by atoms with Gasteiger partial charge in [0.1, 0.15) is 5.52 Å². The summed E-state index contributed by atoms with van der Waals surface area (Å²) in [6.45, 7) is 3.06. The van der Waals surface area contributed by atoms with Crippen LogP contribution in [0.1, 0.15) is 23.4 Å². The molecule has 1 fully saturated rings. The van der Waals surface area contributed by atoms with Gasteiger partial charge in [0.2, 0.25) is 17.7 Å². The Morgan fingerprint density at radius 3 is 3.00 bits per heavy atom. The molecule has 0 aliphatic carbocycles. The molecule has 0 bridgehead atoms. The van der Waals surface area contributed by atoms with Crippen molar-refractivity contribution >= 4 is 22.9 Å². The molecule has 1 N–H and O–H groups in total. The average molecular weight is 364 g/mol. The number of carbonyl (C=O) groups is 2. The minimum atomic E-state index is -0.361. The first-order valence-corrected chi connectivity index (χ1v) is 8.89. The Morgan fingerprint density at radius 1 is 1.33 bits per heavy atom. The summed E-state index contributed by atoms with van der Waals surface area (Å²) in [5, 5.41) is 2.84. The molecular weight excluding hydrogens is 344 g/mol. The van der Waals surface area contributed by atoms with Gasteiger partial charge in [-0.2, -0.15) is 0 Å². The topological polar surface area (TPSA) is 88.3 Å². The smallest absolute Gasteiger partial charge is 0.225 e. The van der Waals surface area contributed by atoms with Crippen LogP contribution in [-0.2, 0) is 22.7 Å². The van der Waals surface area contributed by atoms with Crippen molar-refractivity contribution in [2.75, 3.05) is 6.54 Å². The van der Waals surface area contributed by atoms with Gasteiger partial charge >= 0.3 is 0 Å². The zero-order valence-corrected chi connectivity index (χ0v) is 15.0. The molecule has 2 aromatic heterocycles. The molecule has 0 spiro atoms. The van der Waals surface area contributed by atoms with Gasteiger partial charge in [0.25, 0.3) is 0 Å². The number of benzene rings is 1. The Hall–Kier alpha value is -3.22. The van der Waals surface area contributed by atoms with Crippen LogP contribution in [0.2, 0.25) is 0 Å². The number of nitrogens with one attached hydrogen (secondary N) is 1. The van der Waals surface area contributed by atoms with Gasteiger partial charge in [0.05, 0.1) is 12.5 Å². The van der Waals surface area contributed by atoms with E-state index in [-0.39, 0.29) is 30.7 Å². The Bertz CT molecular complexity index is 983. The molecule has 27 heavy (non-hydrogen) atoms. The molecule has 1 unspecified atom stereocenters. The van der Waals surface area contributed by atoms with E-state index in [1.807, 2.05) is 37.3 Å². The van der Waals surface area contributed by atoms with Crippen molar-refractivity contribution in [3.63, 3.8) is 0 Å². The molecule has 0 saturated carbocycles. The monoisotopic (exact) mass is 364 g/mol. The predicted molar refractivity (Wildman–Crippen MR) is 98.4 cm³/mol. The van der Waals surface area contributed by atoms with Crippen molar-refractivity contribution in [3.05, 3.63) is 59.7 Å². The van der Waals surface area contributed by atoms with Crippen LogP contribution in [0.15, 0.2) is 47.1 Å². The van der Waals surface area contributed by atoms with Crippen LogP contribution in [0.25, 0.3) is 11.1 Å². The molecule has 1 aromatic carbocycles. The number of carbonyl (C=O) groups excluding carboxylic acids is 2. The number of aromatic nitrogens is 2. The lowest BCUT2D eigenvalue weighted by molar-refractivity contribution is -0.129. The maximum Gasteiger partial charge on any atom is 0.225 e. The molecule has 7 heteroatoms. The molecule has 7 nitrogen and oxygen atoms in total. The zero-order chi connectivity index (χ0) is 18.8. The molecule has 1 atom stereocenters. The van der Waals surface area contributed by atoms with Gasteiger partial charge in [-0.15, -0.1) is 0 Å². The van der Waals surface area contributed by atoms with Gasteiger partial charge in [0.15, 0.2) is 5.58 Å². The Balaban J connectivity index is 1.35. The number of hydrogen-bond donors (Lipinski definition) is 1. The van der Waals surface area contributed by atoms with E-state index < -0.39 is 0 Å². The van der Waals surface area contributed by atoms with E-state index in [4.69, 9.17) is 4.42 Å². The summed E-state index contributed by atoms with van der Waals surface area (Å²) in [5.74, 6) is -0.0722. The van der Waals surface area contributed by atoms with Crippen LogP contribution in [0.3, 0.4) is 0 Å². The van der Waals surface area contributed by atoms with Gasteiger partial charge in [0, 0.05) is 31.9 Å². The maximum atomic E-state index is 12.5. The predicted octanol–water partition coefficient (Wildman–Crippen LogP) is 2.20. The number of rotatable bonds is 5. The number of nitrogens with zero attached hydrogens (tertiary/aromatic N) is 3. The van der Waals surface area contributed by atoms with Crippen molar-refractivity contribution in [3.8, 4) is 0 Å². The maximum absolute atomic E-state index is 12.5. The van der Waals surface area contributed by atoms with E-state index in [1.54, 1.807) is 17.3 Å². The second-order valence-electron chi connectivity index (χ2n) is 6.78. The van der Waals surface area contributed by atoms with Crippen LogP contribution >= 0.6 is 0 Å². The minimum absolute atomic E-state index is 0.0171.